The van der Waals surface area contributed by atoms with Crippen LogP contribution in [0.1, 0.15) is 47.0 Å². The number of hydrogen-bond donors (Lipinski definition) is 1. The predicted octanol–water partition coefficient (Wildman–Crippen LogP) is 2.76. The van der Waals surface area contributed by atoms with Crippen LogP contribution in [-0.2, 0) is 0 Å². The van der Waals surface area contributed by atoms with Gasteiger partial charge in [-0.2, -0.15) is 0 Å². The zero-order valence-electron chi connectivity index (χ0n) is 11.5. The van der Waals surface area contributed by atoms with Gasteiger partial charge in [-0.1, -0.05) is 27.7 Å². The van der Waals surface area contributed by atoms with Crippen molar-refractivity contribution in [1.29, 1.82) is 0 Å². The smallest absolute Gasteiger partial charge is 0.0459 e. The van der Waals surface area contributed by atoms with Crippen LogP contribution in [0.15, 0.2) is 0 Å². The molecule has 0 aromatic carbocycles. The van der Waals surface area contributed by atoms with Crippen LogP contribution >= 0.6 is 0 Å². The van der Waals surface area contributed by atoms with Crippen molar-refractivity contribution in [3.8, 4) is 0 Å². The molecule has 1 atom stereocenters. The molecule has 1 N–H and O–H groups in total. The summed E-state index contributed by atoms with van der Waals surface area (Å²) >= 11 is 0. The highest BCUT2D eigenvalue weighted by atomic mass is 16.3. The molecule has 0 aliphatic carbocycles. The van der Waals surface area contributed by atoms with E-state index in [4.69, 9.17) is 5.11 Å². The lowest BCUT2D eigenvalue weighted by Crippen LogP contribution is -2.37. The van der Waals surface area contributed by atoms with E-state index in [1.165, 1.54) is 38.9 Å². The minimum absolute atomic E-state index is 0.354. The molecule has 1 aliphatic heterocycles. The van der Waals surface area contributed by atoms with Crippen LogP contribution in [0.5, 0.6) is 0 Å². The van der Waals surface area contributed by atoms with E-state index >= 15 is 0 Å². The first-order chi connectivity index (χ1) is 7.42. The standard InChI is InChI=1S/C14H29NO/c1-12(11-16)13-5-8-15(9-6-13)10-7-14(2,3)4/h12-13,16H,5-11H2,1-4H3. The normalized spacial score (nSPS) is 22.3. The Morgan fingerprint density at radius 1 is 1.25 bits per heavy atom. The van der Waals surface area contributed by atoms with Crippen LogP contribution in [0, 0.1) is 17.3 Å². The van der Waals surface area contributed by atoms with Crippen molar-refractivity contribution in [2.75, 3.05) is 26.2 Å². The molecule has 0 aromatic heterocycles. The van der Waals surface area contributed by atoms with Gasteiger partial charge in [0.2, 0.25) is 0 Å². The number of rotatable bonds is 4. The second-order valence-corrected chi connectivity index (χ2v) is 6.65. The van der Waals surface area contributed by atoms with Crippen molar-refractivity contribution >= 4 is 0 Å². The van der Waals surface area contributed by atoms with Gasteiger partial charge in [0.05, 0.1) is 0 Å². The van der Waals surface area contributed by atoms with E-state index in [1.54, 1.807) is 0 Å². The molecule has 1 aliphatic rings. The molecule has 1 saturated heterocycles. The quantitative estimate of drug-likeness (QED) is 0.798. The maximum atomic E-state index is 9.15. The number of piperidine rings is 1. The molecule has 2 heteroatoms. The van der Waals surface area contributed by atoms with Crippen molar-refractivity contribution in [2.45, 2.75) is 47.0 Å². The first-order valence-corrected chi connectivity index (χ1v) is 6.75. The molecular formula is C14H29NO. The summed E-state index contributed by atoms with van der Waals surface area (Å²) in [5.41, 5.74) is 0.454. The number of aliphatic hydroxyl groups is 1. The summed E-state index contributed by atoms with van der Waals surface area (Å²) in [5, 5.41) is 9.15. The molecule has 0 amide bonds. The number of aliphatic hydroxyl groups excluding tert-OH is 1. The molecule has 0 spiro atoms. The van der Waals surface area contributed by atoms with E-state index in [9.17, 15) is 0 Å². The highest BCUT2D eigenvalue weighted by Crippen LogP contribution is 2.26. The summed E-state index contributed by atoms with van der Waals surface area (Å²) < 4.78 is 0. The Morgan fingerprint density at radius 2 is 1.81 bits per heavy atom. The Hall–Kier alpha value is -0.0800. The molecule has 0 radical (unpaired) electrons. The first-order valence-electron chi connectivity index (χ1n) is 6.75. The fourth-order valence-electron chi connectivity index (χ4n) is 2.39. The number of hydrogen-bond acceptors (Lipinski definition) is 2. The van der Waals surface area contributed by atoms with Crippen molar-refractivity contribution in [1.82, 2.24) is 4.90 Å². The van der Waals surface area contributed by atoms with Crippen LogP contribution < -0.4 is 0 Å². The Morgan fingerprint density at radius 3 is 2.25 bits per heavy atom. The van der Waals surface area contributed by atoms with Gasteiger partial charge in [0.25, 0.3) is 0 Å². The second kappa shape index (κ2) is 6.02. The zero-order valence-corrected chi connectivity index (χ0v) is 11.5. The average Bonchev–Trinajstić information content (AvgIpc) is 2.25. The van der Waals surface area contributed by atoms with Crippen molar-refractivity contribution in [2.24, 2.45) is 17.3 Å². The average molecular weight is 227 g/mol. The van der Waals surface area contributed by atoms with E-state index in [0.29, 0.717) is 17.9 Å². The maximum absolute atomic E-state index is 9.15. The third kappa shape index (κ3) is 4.84. The fraction of sp³-hybridized carbons (Fsp3) is 1.00. The van der Waals surface area contributed by atoms with Gasteiger partial charge in [0, 0.05) is 6.61 Å². The maximum Gasteiger partial charge on any atom is 0.0459 e. The Labute approximate surface area is 101 Å². The fourth-order valence-corrected chi connectivity index (χ4v) is 2.39. The number of likely N-dealkylation sites (tertiary alicyclic amines) is 1. The Balaban J connectivity index is 2.22. The van der Waals surface area contributed by atoms with Crippen molar-refractivity contribution in [3.05, 3.63) is 0 Å². The van der Waals surface area contributed by atoms with Crippen molar-refractivity contribution in [3.63, 3.8) is 0 Å². The Kier molecular flexibility index (Phi) is 5.26. The predicted molar refractivity (Wildman–Crippen MR) is 69.5 cm³/mol. The molecule has 1 unspecified atom stereocenters. The first kappa shape index (κ1) is 14.0. The largest absolute Gasteiger partial charge is 0.396 e. The van der Waals surface area contributed by atoms with E-state index in [1.807, 2.05) is 0 Å². The summed E-state index contributed by atoms with van der Waals surface area (Å²) in [7, 11) is 0. The van der Waals surface area contributed by atoms with Gasteiger partial charge in [-0.25, -0.2) is 0 Å². The lowest BCUT2D eigenvalue weighted by atomic mass is 9.85. The topological polar surface area (TPSA) is 23.5 Å². The molecule has 1 rings (SSSR count). The van der Waals surface area contributed by atoms with Gasteiger partial charge in [-0.3, -0.25) is 0 Å². The molecule has 96 valence electrons. The minimum Gasteiger partial charge on any atom is -0.396 e. The summed E-state index contributed by atoms with van der Waals surface area (Å²) in [6, 6.07) is 0. The van der Waals surface area contributed by atoms with Crippen LogP contribution in [0.4, 0.5) is 0 Å². The van der Waals surface area contributed by atoms with Gasteiger partial charge >= 0.3 is 0 Å². The summed E-state index contributed by atoms with van der Waals surface area (Å²) in [6.45, 7) is 13.2. The van der Waals surface area contributed by atoms with Gasteiger partial charge in [-0.05, 0) is 56.1 Å². The highest BCUT2D eigenvalue weighted by molar-refractivity contribution is 4.76. The van der Waals surface area contributed by atoms with E-state index in [-0.39, 0.29) is 0 Å². The summed E-state index contributed by atoms with van der Waals surface area (Å²) in [6.07, 6.45) is 3.82. The molecule has 0 saturated carbocycles. The Bertz CT molecular complexity index is 189. The van der Waals surface area contributed by atoms with Gasteiger partial charge in [0.1, 0.15) is 0 Å². The van der Waals surface area contributed by atoms with Crippen LogP contribution in [-0.4, -0.2) is 36.2 Å². The third-order valence-corrected chi connectivity index (χ3v) is 3.90. The lowest BCUT2D eigenvalue weighted by molar-refractivity contribution is 0.108. The van der Waals surface area contributed by atoms with Crippen LogP contribution in [0.3, 0.4) is 0 Å². The zero-order chi connectivity index (χ0) is 12.2. The highest BCUT2D eigenvalue weighted by Gasteiger charge is 2.23. The van der Waals surface area contributed by atoms with Crippen LogP contribution in [0.2, 0.25) is 0 Å². The SMILES string of the molecule is CC(CO)C1CCN(CCC(C)(C)C)CC1. The molecule has 16 heavy (non-hydrogen) atoms. The minimum atomic E-state index is 0.354. The molecule has 1 fully saturated rings. The number of nitrogens with zero attached hydrogens (tertiary/aromatic N) is 1. The van der Waals surface area contributed by atoms with Gasteiger partial charge < -0.3 is 10.0 Å². The van der Waals surface area contributed by atoms with E-state index in [2.05, 4.69) is 32.6 Å². The van der Waals surface area contributed by atoms with E-state index in [0.717, 1.165) is 5.92 Å². The van der Waals surface area contributed by atoms with Gasteiger partial charge in [-0.15, -0.1) is 0 Å². The third-order valence-electron chi connectivity index (χ3n) is 3.90. The molecule has 0 bridgehead atoms. The monoisotopic (exact) mass is 227 g/mol. The van der Waals surface area contributed by atoms with Crippen LogP contribution in [0.25, 0.3) is 0 Å². The lowest BCUT2D eigenvalue weighted by Gasteiger charge is -2.35. The molecule has 2 nitrogen and oxygen atoms in total. The summed E-state index contributed by atoms with van der Waals surface area (Å²) in [4.78, 5) is 2.59. The summed E-state index contributed by atoms with van der Waals surface area (Å²) in [5.74, 6) is 1.24. The molecule has 1 heterocycles. The molecule has 0 aromatic rings. The second-order valence-electron chi connectivity index (χ2n) is 6.65. The van der Waals surface area contributed by atoms with Gasteiger partial charge in [0.15, 0.2) is 0 Å². The molecular weight excluding hydrogens is 198 g/mol. The van der Waals surface area contributed by atoms with Crippen molar-refractivity contribution < 1.29 is 5.11 Å². The van der Waals surface area contributed by atoms with E-state index < -0.39 is 0 Å².